The maximum absolute atomic E-state index is 9.66. The summed E-state index contributed by atoms with van der Waals surface area (Å²) in [4.78, 5) is 0. The largest absolute Gasteiger partial charge is 0.489 e. The molecule has 0 aromatic heterocycles. The molecule has 0 amide bonds. The van der Waals surface area contributed by atoms with Gasteiger partial charge in [-0.05, 0) is 25.5 Å². The topological polar surface area (TPSA) is 29.5 Å². The summed E-state index contributed by atoms with van der Waals surface area (Å²) in [7, 11) is 0. The molecule has 0 aliphatic rings. The van der Waals surface area contributed by atoms with E-state index >= 15 is 0 Å². The number of rotatable bonds is 4. The van der Waals surface area contributed by atoms with Crippen molar-refractivity contribution in [3.63, 3.8) is 0 Å². The molecule has 2 aromatic carbocycles. The number of aliphatic hydroxyl groups excluding tert-OH is 1. The molecule has 0 aliphatic heterocycles. The first-order valence-corrected chi connectivity index (χ1v) is 6.12. The second-order valence-corrected chi connectivity index (χ2v) is 4.49. The molecule has 1 unspecified atom stereocenters. The van der Waals surface area contributed by atoms with E-state index in [0.29, 0.717) is 6.61 Å². The number of hydrogen-bond acceptors (Lipinski definition) is 2. The average molecular weight is 242 g/mol. The van der Waals surface area contributed by atoms with E-state index in [0.717, 1.165) is 16.9 Å². The van der Waals surface area contributed by atoms with Gasteiger partial charge in [-0.2, -0.15) is 0 Å². The summed E-state index contributed by atoms with van der Waals surface area (Å²) in [6.45, 7) is 4.32. The molecule has 94 valence electrons. The highest BCUT2D eigenvalue weighted by Gasteiger charge is 2.07. The van der Waals surface area contributed by atoms with Gasteiger partial charge in [0.1, 0.15) is 12.4 Å². The lowest BCUT2D eigenvalue weighted by atomic mass is 10.1. The monoisotopic (exact) mass is 242 g/mol. The van der Waals surface area contributed by atoms with Crippen molar-refractivity contribution in [1.29, 1.82) is 0 Å². The van der Waals surface area contributed by atoms with Crippen molar-refractivity contribution in [1.82, 2.24) is 0 Å². The highest BCUT2D eigenvalue weighted by atomic mass is 16.5. The van der Waals surface area contributed by atoms with Crippen molar-refractivity contribution in [2.24, 2.45) is 0 Å². The van der Waals surface area contributed by atoms with E-state index in [1.807, 2.05) is 24.3 Å². The van der Waals surface area contributed by atoms with E-state index < -0.39 is 6.10 Å². The van der Waals surface area contributed by atoms with Crippen LogP contribution in [-0.2, 0) is 6.61 Å². The SMILES string of the molecule is Cc1ccc(COc2ccccc2C(C)O)cc1. The van der Waals surface area contributed by atoms with Crippen molar-refractivity contribution in [2.75, 3.05) is 0 Å². The molecule has 0 aliphatic carbocycles. The average Bonchev–Trinajstić information content (AvgIpc) is 2.38. The molecule has 0 spiro atoms. The van der Waals surface area contributed by atoms with E-state index in [1.165, 1.54) is 5.56 Å². The maximum atomic E-state index is 9.66. The van der Waals surface area contributed by atoms with E-state index in [2.05, 4.69) is 31.2 Å². The van der Waals surface area contributed by atoms with Crippen molar-refractivity contribution in [2.45, 2.75) is 26.6 Å². The fourth-order valence-electron chi connectivity index (χ4n) is 1.80. The molecule has 1 N–H and O–H groups in total. The third kappa shape index (κ3) is 3.11. The van der Waals surface area contributed by atoms with Gasteiger partial charge in [0, 0.05) is 5.56 Å². The first-order valence-electron chi connectivity index (χ1n) is 6.12. The summed E-state index contributed by atoms with van der Waals surface area (Å²) in [6, 6.07) is 15.8. The first kappa shape index (κ1) is 12.7. The molecule has 0 bridgehead atoms. The number of hydrogen-bond donors (Lipinski definition) is 1. The van der Waals surface area contributed by atoms with Crippen LogP contribution in [0.4, 0.5) is 0 Å². The summed E-state index contributed by atoms with van der Waals surface area (Å²) < 4.78 is 5.76. The number of para-hydroxylation sites is 1. The van der Waals surface area contributed by atoms with Crippen LogP contribution >= 0.6 is 0 Å². The van der Waals surface area contributed by atoms with Crippen LogP contribution in [0, 0.1) is 6.92 Å². The van der Waals surface area contributed by atoms with Gasteiger partial charge in [-0.1, -0.05) is 48.0 Å². The minimum absolute atomic E-state index is 0.515. The van der Waals surface area contributed by atoms with E-state index in [-0.39, 0.29) is 0 Å². The zero-order valence-corrected chi connectivity index (χ0v) is 10.8. The third-order valence-electron chi connectivity index (χ3n) is 2.88. The lowest BCUT2D eigenvalue weighted by Gasteiger charge is -2.13. The zero-order chi connectivity index (χ0) is 13.0. The normalized spacial score (nSPS) is 12.2. The summed E-state index contributed by atoms with van der Waals surface area (Å²) in [5.74, 6) is 0.744. The van der Waals surface area contributed by atoms with Gasteiger partial charge in [-0.25, -0.2) is 0 Å². The zero-order valence-electron chi connectivity index (χ0n) is 10.8. The van der Waals surface area contributed by atoms with Crippen LogP contribution in [0.15, 0.2) is 48.5 Å². The number of aryl methyl sites for hydroxylation is 1. The van der Waals surface area contributed by atoms with Crippen LogP contribution in [-0.4, -0.2) is 5.11 Å². The van der Waals surface area contributed by atoms with E-state index in [9.17, 15) is 5.11 Å². The molecule has 2 aromatic rings. The van der Waals surface area contributed by atoms with Gasteiger partial charge < -0.3 is 9.84 Å². The summed E-state index contributed by atoms with van der Waals surface area (Å²) in [5, 5.41) is 9.66. The standard InChI is InChI=1S/C16H18O2/c1-12-7-9-14(10-8-12)11-18-16-6-4-3-5-15(16)13(2)17/h3-10,13,17H,11H2,1-2H3. The predicted molar refractivity (Wildman–Crippen MR) is 72.6 cm³/mol. The highest BCUT2D eigenvalue weighted by Crippen LogP contribution is 2.25. The Morgan fingerprint density at radius 1 is 1.06 bits per heavy atom. The van der Waals surface area contributed by atoms with Crippen molar-refractivity contribution >= 4 is 0 Å². The van der Waals surface area contributed by atoms with Gasteiger partial charge in [0.05, 0.1) is 6.10 Å². The molecule has 0 saturated carbocycles. The molecule has 0 saturated heterocycles. The molecule has 2 heteroatoms. The number of benzene rings is 2. The Balaban J connectivity index is 2.08. The van der Waals surface area contributed by atoms with Gasteiger partial charge in [0.15, 0.2) is 0 Å². The molecule has 1 atom stereocenters. The van der Waals surface area contributed by atoms with E-state index in [4.69, 9.17) is 4.74 Å². The summed E-state index contributed by atoms with van der Waals surface area (Å²) >= 11 is 0. The van der Waals surface area contributed by atoms with Gasteiger partial charge >= 0.3 is 0 Å². The Morgan fingerprint density at radius 3 is 2.39 bits per heavy atom. The van der Waals surface area contributed by atoms with Crippen LogP contribution in [0.5, 0.6) is 5.75 Å². The quantitative estimate of drug-likeness (QED) is 0.887. The molecule has 0 heterocycles. The highest BCUT2D eigenvalue weighted by molar-refractivity contribution is 5.35. The second-order valence-electron chi connectivity index (χ2n) is 4.49. The fourth-order valence-corrected chi connectivity index (χ4v) is 1.80. The Bertz CT molecular complexity index is 501. The van der Waals surface area contributed by atoms with Gasteiger partial charge in [-0.15, -0.1) is 0 Å². The molecule has 2 nitrogen and oxygen atoms in total. The van der Waals surface area contributed by atoms with E-state index in [1.54, 1.807) is 6.92 Å². The molecule has 2 rings (SSSR count). The lowest BCUT2D eigenvalue weighted by Crippen LogP contribution is -2.00. The van der Waals surface area contributed by atoms with Gasteiger partial charge in [-0.3, -0.25) is 0 Å². The third-order valence-corrected chi connectivity index (χ3v) is 2.88. The Morgan fingerprint density at radius 2 is 1.72 bits per heavy atom. The Labute approximate surface area is 108 Å². The molecule has 0 radical (unpaired) electrons. The lowest BCUT2D eigenvalue weighted by molar-refractivity contribution is 0.190. The Hall–Kier alpha value is -1.80. The molecular weight excluding hydrogens is 224 g/mol. The summed E-state index contributed by atoms with van der Waals surface area (Å²) in [6.07, 6.45) is -0.515. The van der Waals surface area contributed by atoms with Crippen molar-refractivity contribution in [3.05, 3.63) is 65.2 Å². The van der Waals surface area contributed by atoms with Crippen LogP contribution in [0.25, 0.3) is 0 Å². The number of aliphatic hydroxyl groups is 1. The number of ether oxygens (including phenoxy) is 1. The van der Waals surface area contributed by atoms with Crippen LogP contribution in [0.2, 0.25) is 0 Å². The molecular formula is C16H18O2. The predicted octanol–water partition coefficient (Wildman–Crippen LogP) is 3.63. The smallest absolute Gasteiger partial charge is 0.125 e. The van der Waals surface area contributed by atoms with Crippen molar-refractivity contribution in [3.8, 4) is 5.75 Å². The molecule has 18 heavy (non-hydrogen) atoms. The fraction of sp³-hybridized carbons (Fsp3) is 0.250. The minimum atomic E-state index is -0.515. The van der Waals surface area contributed by atoms with Gasteiger partial charge in [0.25, 0.3) is 0 Å². The van der Waals surface area contributed by atoms with Crippen LogP contribution in [0.3, 0.4) is 0 Å². The van der Waals surface area contributed by atoms with Crippen LogP contribution < -0.4 is 4.74 Å². The second kappa shape index (κ2) is 5.69. The first-order chi connectivity index (χ1) is 8.66. The Kier molecular flexibility index (Phi) is 4.00. The van der Waals surface area contributed by atoms with Gasteiger partial charge in [0.2, 0.25) is 0 Å². The maximum Gasteiger partial charge on any atom is 0.125 e. The minimum Gasteiger partial charge on any atom is -0.489 e. The summed E-state index contributed by atoms with van der Waals surface area (Å²) in [5.41, 5.74) is 3.19. The van der Waals surface area contributed by atoms with Crippen LogP contribution in [0.1, 0.15) is 29.7 Å². The molecule has 0 fully saturated rings. The van der Waals surface area contributed by atoms with Crippen molar-refractivity contribution < 1.29 is 9.84 Å².